The van der Waals surface area contributed by atoms with Crippen LogP contribution in [0, 0.1) is 5.41 Å². The zero-order valence-corrected chi connectivity index (χ0v) is 10.2. The molecule has 15 heavy (non-hydrogen) atoms. The van der Waals surface area contributed by atoms with Gasteiger partial charge in [-0.15, -0.1) is 0 Å². The Hall–Kier alpha value is -0.480. The van der Waals surface area contributed by atoms with Crippen molar-refractivity contribution in [1.82, 2.24) is 15.5 Å². The van der Waals surface area contributed by atoms with E-state index in [2.05, 4.69) is 41.1 Å². The third kappa shape index (κ3) is 2.75. The van der Waals surface area contributed by atoms with Crippen molar-refractivity contribution in [2.45, 2.75) is 32.9 Å². The second-order valence-corrected chi connectivity index (χ2v) is 5.98. The number of nitrogens with one attached hydrogen (secondary N) is 2. The van der Waals surface area contributed by atoms with Crippen LogP contribution in [0.4, 0.5) is 0 Å². The highest BCUT2D eigenvalue weighted by molar-refractivity contribution is 7.99. The number of nitrogens with zero attached hydrogens (tertiary/aromatic N) is 1. The van der Waals surface area contributed by atoms with Crippen LogP contribution in [0.5, 0.6) is 0 Å². The van der Waals surface area contributed by atoms with Crippen molar-refractivity contribution in [3.05, 3.63) is 18.0 Å². The van der Waals surface area contributed by atoms with Crippen LogP contribution < -0.4 is 5.32 Å². The number of H-pyrrole nitrogens is 1. The van der Waals surface area contributed by atoms with Gasteiger partial charge in [-0.05, 0) is 23.7 Å². The Kier molecular flexibility index (Phi) is 3.36. The zero-order chi connectivity index (χ0) is 10.7. The van der Waals surface area contributed by atoms with E-state index in [-0.39, 0.29) is 0 Å². The second-order valence-electron chi connectivity index (χ2n) is 4.83. The lowest BCUT2D eigenvalue weighted by molar-refractivity contribution is 0.244. The molecule has 0 aliphatic carbocycles. The summed E-state index contributed by atoms with van der Waals surface area (Å²) >= 11 is 2.05. The fourth-order valence-corrected chi connectivity index (χ4v) is 3.53. The standard InChI is InChI=1S/C11H19N3S/c1-11(2)4-6-15-8-10(11)12-7-9-3-5-13-14-9/h3,5,10,12H,4,6-8H2,1-2H3,(H,13,14). The first-order chi connectivity index (χ1) is 7.18. The van der Waals surface area contributed by atoms with Crippen molar-refractivity contribution in [2.75, 3.05) is 11.5 Å². The first-order valence-electron chi connectivity index (χ1n) is 5.48. The van der Waals surface area contributed by atoms with Crippen LogP contribution in [0.2, 0.25) is 0 Å². The van der Waals surface area contributed by atoms with E-state index >= 15 is 0 Å². The predicted octanol–water partition coefficient (Wildman–Crippen LogP) is 2.03. The molecule has 0 radical (unpaired) electrons. The summed E-state index contributed by atoms with van der Waals surface area (Å²) in [5.74, 6) is 2.52. The van der Waals surface area contributed by atoms with E-state index in [4.69, 9.17) is 0 Å². The summed E-state index contributed by atoms with van der Waals surface area (Å²) < 4.78 is 0. The molecule has 0 spiro atoms. The minimum atomic E-state index is 0.422. The number of rotatable bonds is 3. The minimum Gasteiger partial charge on any atom is -0.307 e. The molecule has 0 bridgehead atoms. The molecule has 4 heteroatoms. The third-order valence-corrected chi connectivity index (χ3v) is 4.28. The molecule has 2 N–H and O–H groups in total. The Morgan fingerprint density at radius 2 is 2.53 bits per heavy atom. The predicted molar refractivity (Wildman–Crippen MR) is 64.9 cm³/mol. The van der Waals surface area contributed by atoms with Crippen LogP contribution in [0.1, 0.15) is 26.0 Å². The van der Waals surface area contributed by atoms with E-state index in [0.717, 1.165) is 6.54 Å². The van der Waals surface area contributed by atoms with Crippen LogP contribution in [0.15, 0.2) is 12.3 Å². The normalized spacial score (nSPS) is 25.3. The summed E-state index contributed by atoms with van der Waals surface area (Å²) in [5.41, 5.74) is 1.59. The highest BCUT2D eigenvalue weighted by Gasteiger charge is 2.31. The quantitative estimate of drug-likeness (QED) is 0.827. The molecule has 2 rings (SSSR count). The number of aromatic amines is 1. The highest BCUT2D eigenvalue weighted by Crippen LogP contribution is 2.34. The molecule has 1 aliphatic rings. The molecular weight excluding hydrogens is 206 g/mol. The first-order valence-corrected chi connectivity index (χ1v) is 6.63. The van der Waals surface area contributed by atoms with Crippen molar-refractivity contribution < 1.29 is 0 Å². The lowest BCUT2D eigenvalue weighted by atomic mass is 9.82. The van der Waals surface area contributed by atoms with Gasteiger partial charge in [-0.25, -0.2) is 0 Å². The van der Waals surface area contributed by atoms with E-state index in [1.165, 1.54) is 23.6 Å². The van der Waals surface area contributed by atoms with Gasteiger partial charge in [-0.1, -0.05) is 13.8 Å². The van der Waals surface area contributed by atoms with Gasteiger partial charge in [0.2, 0.25) is 0 Å². The molecule has 0 amide bonds. The number of hydrogen-bond donors (Lipinski definition) is 2. The first kappa shape index (κ1) is 11.0. The zero-order valence-electron chi connectivity index (χ0n) is 9.42. The van der Waals surface area contributed by atoms with Crippen molar-refractivity contribution in [3.8, 4) is 0 Å². The summed E-state index contributed by atoms with van der Waals surface area (Å²) in [6.07, 6.45) is 3.11. The molecular formula is C11H19N3S. The number of hydrogen-bond acceptors (Lipinski definition) is 3. The number of aromatic nitrogens is 2. The van der Waals surface area contributed by atoms with Gasteiger partial charge in [-0.3, -0.25) is 5.10 Å². The van der Waals surface area contributed by atoms with Gasteiger partial charge in [0.25, 0.3) is 0 Å². The van der Waals surface area contributed by atoms with Gasteiger partial charge >= 0.3 is 0 Å². The fraction of sp³-hybridized carbons (Fsp3) is 0.727. The van der Waals surface area contributed by atoms with Crippen molar-refractivity contribution in [1.29, 1.82) is 0 Å². The van der Waals surface area contributed by atoms with E-state index < -0.39 is 0 Å². The Balaban J connectivity index is 1.88. The molecule has 1 atom stereocenters. The smallest absolute Gasteiger partial charge is 0.0490 e. The average molecular weight is 225 g/mol. The molecule has 1 saturated heterocycles. The fourth-order valence-electron chi connectivity index (χ4n) is 1.89. The summed E-state index contributed by atoms with van der Waals surface area (Å²) in [5, 5.41) is 10.6. The van der Waals surface area contributed by atoms with E-state index in [1.54, 1.807) is 6.20 Å². The van der Waals surface area contributed by atoms with Crippen molar-refractivity contribution in [3.63, 3.8) is 0 Å². The Morgan fingerprint density at radius 1 is 1.67 bits per heavy atom. The molecule has 1 unspecified atom stereocenters. The van der Waals surface area contributed by atoms with Crippen LogP contribution in [-0.4, -0.2) is 27.7 Å². The highest BCUT2D eigenvalue weighted by atomic mass is 32.2. The van der Waals surface area contributed by atoms with E-state index in [0.29, 0.717) is 11.5 Å². The van der Waals surface area contributed by atoms with Crippen LogP contribution in [-0.2, 0) is 6.54 Å². The molecule has 1 aromatic rings. The van der Waals surface area contributed by atoms with Crippen LogP contribution in [0.3, 0.4) is 0 Å². The van der Waals surface area contributed by atoms with E-state index in [1.807, 2.05) is 6.07 Å². The molecule has 84 valence electrons. The second kappa shape index (κ2) is 4.58. The summed E-state index contributed by atoms with van der Waals surface area (Å²) in [6.45, 7) is 5.61. The van der Waals surface area contributed by atoms with Crippen LogP contribution >= 0.6 is 11.8 Å². The lowest BCUT2D eigenvalue weighted by Crippen LogP contribution is -2.46. The molecule has 0 aromatic carbocycles. The van der Waals surface area contributed by atoms with Gasteiger partial charge in [0, 0.05) is 30.2 Å². The van der Waals surface area contributed by atoms with Gasteiger partial charge in [0.15, 0.2) is 0 Å². The lowest BCUT2D eigenvalue weighted by Gasteiger charge is -2.38. The SMILES string of the molecule is CC1(C)CCSCC1NCc1ccn[nH]1. The van der Waals surface area contributed by atoms with Gasteiger partial charge < -0.3 is 5.32 Å². The summed E-state index contributed by atoms with van der Waals surface area (Å²) in [6, 6.07) is 2.63. The topological polar surface area (TPSA) is 40.7 Å². The summed E-state index contributed by atoms with van der Waals surface area (Å²) in [4.78, 5) is 0. The monoisotopic (exact) mass is 225 g/mol. The van der Waals surface area contributed by atoms with Gasteiger partial charge in [0.05, 0.1) is 0 Å². The van der Waals surface area contributed by atoms with Crippen molar-refractivity contribution in [2.24, 2.45) is 5.41 Å². The molecule has 1 fully saturated rings. The molecule has 0 saturated carbocycles. The molecule has 2 heterocycles. The Morgan fingerprint density at radius 3 is 3.20 bits per heavy atom. The number of thioether (sulfide) groups is 1. The maximum atomic E-state index is 3.95. The van der Waals surface area contributed by atoms with Gasteiger partial charge in [-0.2, -0.15) is 16.9 Å². The largest absolute Gasteiger partial charge is 0.307 e. The Labute approximate surface area is 95.4 Å². The van der Waals surface area contributed by atoms with E-state index in [9.17, 15) is 0 Å². The molecule has 3 nitrogen and oxygen atoms in total. The maximum absolute atomic E-state index is 3.95. The van der Waals surface area contributed by atoms with Crippen LogP contribution in [0.25, 0.3) is 0 Å². The molecule has 1 aliphatic heterocycles. The molecule has 1 aromatic heterocycles. The summed E-state index contributed by atoms with van der Waals surface area (Å²) in [7, 11) is 0. The third-order valence-electron chi connectivity index (χ3n) is 3.22. The minimum absolute atomic E-state index is 0.422. The maximum Gasteiger partial charge on any atom is 0.0490 e. The Bertz CT molecular complexity index is 295. The van der Waals surface area contributed by atoms with Gasteiger partial charge in [0.1, 0.15) is 0 Å². The van der Waals surface area contributed by atoms with Crippen molar-refractivity contribution >= 4 is 11.8 Å². The average Bonchev–Trinajstić information content (AvgIpc) is 2.68.